The lowest BCUT2D eigenvalue weighted by Gasteiger charge is -2.07. The molecular formula is C15H16N2. The molecule has 1 aliphatic carbocycles. The maximum absolute atomic E-state index is 5.96. The predicted molar refractivity (Wildman–Crippen MR) is 69.8 cm³/mol. The molecule has 2 N–H and O–H groups in total. The topological polar surface area (TPSA) is 38.9 Å². The largest absolute Gasteiger partial charge is 0.327 e. The smallest absolute Gasteiger partial charge is 0.0452 e. The Hall–Kier alpha value is -1.67. The van der Waals surface area contributed by atoms with Crippen LogP contribution in [0.25, 0.3) is 11.1 Å². The summed E-state index contributed by atoms with van der Waals surface area (Å²) < 4.78 is 0. The molecule has 0 radical (unpaired) electrons. The van der Waals surface area contributed by atoms with Gasteiger partial charge in [-0.25, -0.2) is 0 Å². The highest BCUT2D eigenvalue weighted by Gasteiger charge is 2.19. The molecule has 0 bridgehead atoms. The average Bonchev–Trinajstić information content (AvgIpc) is 2.68. The molecule has 0 spiro atoms. The van der Waals surface area contributed by atoms with Crippen LogP contribution in [0.5, 0.6) is 0 Å². The van der Waals surface area contributed by atoms with Crippen molar-refractivity contribution in [2.75, 3.05) is 0 Å². The van der Waals surface area contributed by atoms with Crippen LogP contribution < -0.4 is 5.73 Å². The molecule has 17 heavy (non-hydrogen) atoms. The van der Waals surface area contributed by atoms with Crippen molar-refractivity contribution in [1.82, 2.24) is 4.98 Å². The highest BCUT2D eigenvalue weighted by molar-refractivity contribution is 5.67. The standard InChI is InChI=1S/C15H16N2/c1-10-4-2-3-5-14(10)12-6-11-7-13(16)8-15(11)17-9-12/h2-6,9,13H,7-8,16H2,1H3. The van der Waals surface area contributed by atoms with E-state index >= 15 is 0 Å². The first-order valence-electron chi connectivity index (χ1n) is 6.03. The van der Waals surface area contributed by atoms with Gasteiger partial charge in [0, 0.05) is 29.9 Å². The molecule has 1 aliphatic rings. The van der Waals surface area contributed by atoms with Crippen LogP contribution >= 0.6 is 0 Å². The van der Waals surface area contributed by atoms with E-state index in [1.165, 1.54) is 27.9 Å². The Morgan fingerprint density at radius 1 is 1.24 bits per heavy atom. The maximum atomic E-state index is 5.96. The zero-order valence-electron chi connectivity index (χ0n) is 9.98. The quantitative estimate of drug-likeness (QED) is 0.808. The first kappa shape index (κ1) is 10.5. The fourth-order valence-corrected chi connectivity index (χ4v) is 2.55. The Kier molecular flexibility index (Phi) is 2.45. The summed E-state index contributed by atoms with van der Waals surface area (Å²) in [7, 11) is 0. The first-order valence-corrected chi connectivity index (χ1v) is 6.03. The number of pyridine rings is 1. The zero-order chi connectivity index (χ0) is 11.8. The van der Waals surface area contributed by atoms with Gasteiger partial charge >= 0.3 is 0 Å². The Labute approximate surface area is 102 Å². The lowest BCUT2D eigenvalue weighted by molar-refractivity contribution is 0.716. The summed E-state index contributed by atoms with van der Waals surface area (Å²) in [5.41, 5.74) is 12.2. The van der Waals surface area contributed by atoms with Gasteiger partial charge in [0.15, 0.2) is 0 Å². The number of hydrogen-bond acceptors (Lipinski definition) is 2. The Morgan fingerprint density at radius 3 is 2.88 bits per heavy atom. The number of aromatic nitrogens is 1. The summed E-state index contributed by atoms with van der Waals surface area (Å²) in [6, 6.07) is 10.9. The third kappa shape index (κ3) is 1.85. The first-order chi connectivity index (χ1) is 8.24. The monoisotopic (exact) mass is 224 g/mol. The lowest BCUT2D eigenvalue weighted by atomic mass is 10.0. The molecule has 0 aliphatic heterocycles. The average molecular weight is 224 g/mol. The van der Waals surface area contributed by atoms with Crippen molar-refractivity contribution in [3.63, 3.8) is 0 Å². The molecule has 1 atom stereocenters. The van der Waals surface area contributed by atoms with Gasteiger partial charge in [0.05, 0.1) is 0 Å². The van der Waals surface area contributed by atoms with Gasteiger partial charge in [0.25, 0.3) is 0 Å². The third-order valence-corrected chi connectivity index (χ3v) is 3.45. The number of nitrogens with two attached hydrogens (primary N) is 1. The molecule has 2 aromatic rings. The Balaban J connectivity index is 2.07. The SMILES string of the molecule is Cc1ccccc1-c1cnc2c(c1)CC(N)C2. The summed E-state index contributed by atoms with van der Waals surface area (Å²) in [6.07, 6.45) is 3.85. The summed E-state index contributed by atoms with van der Waals surface area (Å²) >= 11 is 0. The molecule has 86 valence electrons. The van der Waals surface area contributed by atoms with E-state index in [1.807, 2.05) is 6.20 Å². The van der Waals surface area contributed by atoms with E-state index in [0.29, 0.717) is 0 Å². The van der Waals surface area contributed by atoms with Crippen LogP contribution in [0.3, 0.4) is 0 Å². The van der Waals surface area contributed by atoms with Crippen molar-refractivity contribution in [3.8, 4) is 11.1 Å². The van der Waals surface area contributed by atoms with Crippen LogP contribution in [0, 0.1) is 6.92 Å². The Morgan fingerprint density at radius 2 is 2.06 bits per heavy atom. The highest BCUT2D eigenvalue weighted by atomic mass is 14.7. The van der Waals surface area contributed by atoms with Crippen LogP contribution in [-0.2, 0) is 12.8 Å². The van der Waals surface area contributed by atoms with Gasteiger partial charge in [0.1, 0.15) is 0 Å². The number of benzene rings is 1. The lowest BCUT2D eigenvalue weighted by Crippen LogP contribution is -2.19. The van der Waals surface area contributed by atoms with Gasteiger partial charge in [-0.1, -0.05) is 24.3 Å². The van der Waals surface area contributed by atoms with E-state index in [0.717, 1.165) is 12.8 Å². The van der Waals surface area contributed by atoms with Crippen molar-refractivity contribution in [3.05, 3.63) is 53.3 Å². The summed E-state index contributed by atoms with van der Waals surface area (Å²) in [5, 5.41) is 0. The van der Waals surface area contributed by atoms with Crippen LogP contribution in [0.1, 0.15) is 16.8 Å². The molecule has 1 aromatic carbocycles. The number of nitrogens with zero attached hydrogens (tertiary/aromatic N) is 1. The minimum atomic E-state index is 0.254. The molecule has 1 heterocycles. The van der Waals surface area contributed by atoms with Gasteiger partial charge in [0.2, 0.25) is 0 Å². The third-order valence-electron chi connectivity index (χ3n) is 3.45. The molecule has 0 saturated carbocycles. The van der Waals surface area contributed by atoms with E-state index in [9.17, 15) is 0 Å². The normalized spacial score (nSPS) is 18.1. The number of hydrogen-bond donors (Lipinski definition) is 1. The van der Waals surface area contributed by atoms with Crippen LogP contribution in [0.4, 0.5) is 0 Å². The van der Waals surface area contributed by atoms with Gasteiger partial charge in [-0.2, -0.15) is 0 Å². The fourth-order valence-electron chi connectivity index (χ4n) is 2.55. The summed E-state index contributed by atoms with van der Waals surface area (Å²) in [5.74, 6) is 0. The van der Waals surface area contributed by atoms with Gasteiger partial charge < -0.3 is 5.73 Å². The van der Waals surface area contributed by atoms with Crippen molar-refractivity contribution >= 4 is 0 Å². The van der Waals surface area contributed by atoms with Crippen LogP contribution in [0.2, 0.25) is 0 Å². The van der Waals surface area contributed by atoms with E-state index in [2.05, 4.69) is 42.2 Å². The van der Waals surface area contributed by atoms with E-state index in [-0.39, 0.29) is 6.04 Å². The summed E-state index contributed by atoms with van der Waals surface area (Å²) in [4.78, 5) is 4.55. The molecule has 0 amide bonds. The van der Waals surface area contributed by atoms with Crippen molar-refractivity contribution < 1.29 is 0 Å². The van der Waals surface area contributed by atoms with Crippen LogP contribution in [0.15, 0.2) is 36.5 Å². The van der Waals surface area contributed by atoms with Crippen LogP contribution in [-0.4, -0.2) is 11.0 Å². The summed E-state index contributed by atoms with van der Waals surface area (Å²) in [6.45, 7) is 2.13. The van der Waals surface area contributed by atoms with E-state index < -0.39 is 0 Å². The molecule has 3 rings (SSSR count). The minimum absolute atomic E-state index is 0.254. The molecule has 0 saturated heterocycles. The number of aryl methyl sites for hydroxylation is 1. The van der Waals surface area contributed by atoms with E-state index in [4.69, 9.17) is 5.73 Å². The van der Waals surface area contributed by atoms with Gasteiger partial charge in [-0.05, 0) is 36.1 Å². The molecule has 1 unspecified atom stereocenters. The number of rotatable bonds is 1. The van der Waals surface area contributed by atoms with Crippen molar-refractivity contribution in [2.45, 2.75) is 25.8 Å². The Bertz CT molecular complexity index is 561. The second kappa shape index (κ2) is 3.97. The fraction of sp³-hybridized carbons (Fsp3) is 0.267. The van der Waals surface area contributed by atoms with E-state index in [1.54, 1.807) is 0 Å². The highest BCUT2D eigenvalue weighted by Crippen LogP contribution is 2.27. The second-order valence-corrected chi connectivity index (χ2v) is 4.81. The van der Waals surface area contributed by atoms with Crippen molar-refractivity contribution in [2.24, 2.45) is 5.73 Å². The second-order valence-electron chi connectivity index (χ2n) is 4.81. The molecule has 2 nitrogen and oxygen atoms in total. The minimum Gasteiger partial charge on any atom is -0.327 e. The zero-order valence-corrected chi connectivity index (χ0v) is 9.98. The van der Waals surface area contributed by atoms with Gasteiger partial charge in [-0.3, -0.25) is 4.98 Å². The molecule has 1 aromatic heterocycles. The molecule has 2 heteroatoms. The number of fused-ring (bicyclic) bond motifs is 1. The molecular weight excluding hydrogens is 208 g/mol. The van der Waals surface area contributed by atoms with Crippen molar-refractivity contribution in [1.29, 1.82) is 0 Å². The predicted octanol–water partition coefficient (Wildman–Crippen LogP) is 2.48. The molecule has 0 fully saturated rings. The van der Waals surface area contributed by atoms with Gasteiger partial charge in [-0.15, -0.1) is 0 Å². The maximum Gasteiger partial charge on any atom is 0.0452 e.